The molecule has 1 amide bonds. The van der Waals surface area contributed by atoms with Gasteiger partial charge in [0.05, 0.1) is 6.54 Å². The molecule has 0 spiro atoms. The van der Waals surface area contributed by atoms with Crippen LogP contribution in [-0.4, -0.2) is 37.0 Å². The Kier molecular flexibility index (Phi) is 4.94. The molecule has 0 radical (unpaired) electrons. The summed E-state index contributed by atoms with van der Waals surface area (Å²) in [6, 6.07) is 0. The first kappa shape index (κ1) is 11.5. The van der Waals surface area contributed by atoms with Crippen molar-refractivity contribution in [2.24, 2.45) is 5.92 Å². The zero-order valence-corrected chi connectivity index (χ0v) is 9.38. The number of hydrogen-bond acceptors (Lipinski definition) is 2. The van der Waals surface area contributed by atoms with Crippen molar-refractivity contribution in [2.45, 2.75) is 33.1 Å². The molecule has 0 bridgehead atoms. The lowest BCUT2D eigenvalue weighted by molar-refractivity contribution is -0.131. The van der Waals surface area contributed by atoms with E-state index in [9.17, 15) is 4.79 Å². The topological polar surface area (TPSA) is 32.3 Å². The Balaban J connectivity index is 2.24. The maximum atomic E-state index is 11.7. The van der Waals surface area contributed by atoms with Crippen LogP contribution in [0.4, 0.5) is 0 Å². The average molecular weight is 198 g/mol. The van der Waals surface area contributed by atoms with Gasteiger partial charge >= 0.3 is 0 Å². The van der Waals surface area contributed by atoms with E-state index in [4.69, 9.17) is 0 Å². The first-order valence-electron chi connectivity index (χ1n) is 5.76. The second-order valence-corrected chi connectivity index (χ2v) is 4.01. The van der Waals surface area contributed by atoms with E-state index in [1.165, 1.54) is 19.3 Å². The third kappa shape index (κ3) is 3.29. The number of nitrogens with zero attached hydrogens (tertiary/aromatic N) is 1. The Morgan fingerprint density at radius 2 is 2.14 bits per heavy atom. The molecule has 3 heteroatoms. The molecule has 3 nitrogen and oxygen atoms in total. The molecule has 0 aliphatic heterocycles. The summed E-state index contributed by atoms with van der Waals surface area (Å²) in [7, 11) is 0. The van der Waals surface area contributed by atoms with Gasteiger partial charge in [0, 0.05) is 13.1 Å². The molecule has 0 atom stereocenters. The zero-order chi connectivity index (χ0) is 10.4. The molecule has 1 aliphatic carbocycles. The second kappa shape index (κ2) is 6.02. The summed E-state index contributed by atoms with van der Waals surface area (Å²) in [4.78, 5) is 13.7. The van der Waals surface area contributed by atoms with Crippen LogP contribution in [0.3, 0.4) is 0 Å². The molecule has 0 unspecified atom stereocenters. The normalized spacial score (nSPS) is 16.4. The maximum absolute atomic E-state index is 11.7. The molecule has 1 fully saturated rings. The Hall–Kier alpha value is -0.570. The number of amides is 1. The van der Waals surface area contributed by atoms with Crippen molar-refractivity contribution in [3.63, 3.8) is 0 Å². The Morgan fingerprint density at radius 3 is 2.57 bits per heavy atom. The van der Waals surface area contributed by atoms with E-state index in [0.29, 0.717) is 6.54 Å². The number of rotatable bonds is 6. The van der Waals surface area contributed by atoms with Crippen LogP contribution >= 0.6 is 0 Å². The molecule has 1 saturated carbocycles. The molecule has 0 aromatic carbocycles. The largest absolute Gasteiger partial charge is 0.342 e. The molecule has 0 aromatic rings. The molecular weight excluding hydrogens is 176 g/mol. The van der Waals surface area contributed by atoms with Crippen molar-refractivity contribution < 1.29 is 4.79 Å². The standard InChI is InChI=1S/C11H22N2O/c1-3-12-8-11(14)13(4-2)9-10-6-5-7-10/h10,12H,3-9H2,1-2H3. The van der Waals surface area contributed by atoms with Crippen LogP contribution in [0, 0.1) is 5.92 Å². The lowest BCUT2D eigenvalue weighted by Crippen LogP contribution is -2.41. The Bertz CT molecular complexity index is 178. The molecule has 14 heavy (non-hydrogen) atoms. The highest BCUT2D eigenvalue weighted by Crippen LogP contribution is 2.26. The van der Waals surface area contributed by atoms with Gasteiger partial charge in [-0.2, -0.15) is 0 Å². The third-order valence-electron chi connectivity index (χ3n) is 2.96. The predicted molar refractivity (Wildman–Crippen MR) is 58.1 cm³/mol. The highest BCUT2D eigenvalue weighted by atomic mass is 16.2. The van der Waals surface area contributed by atoms with Crippen LogP contribution < -0.4 is 5.32 Å². The van der Waals surface area contributed by atoms with E-state index in [-0.39, 0.29) is 5.91 Å². The quantitative estimate of drug-likeness (QED) is 0.696. The number of likely N-dealkylation sites (N-methyl/N-ethyl adjacent to an activating group) is 2. The van der Waals surface area contributed by atoms with Crippen molar-refractivity contribution in [3.8, 4) is 0 Å². The summed E-state index contributed by atoms with van der Waals surface area (Å²) in [6.07, 6.45) is 3.97. The molecule has 0 heterocycles. The van der Waals surface area contributed by atoms with E-state index in [0.717, 1.165) is 25.6 Å². The number of nitrogens with one attached hydrogen (secondary N) is 1. The van der Waals surface area contributed by atoms with Gasteiger partial charge in [-0.15, -0.1) is 0 Å². The Labute approximate surface area is 86.9 Å². The first-order chi connectivity index (χ1) is 6.77. The van der Waals surface area contributed by atoms with E-state index < -0.39 is 0 Å². The van der Waals surface area contributed by atoms with Gasteiger partial charge in [0.15, 0.2) is 0 Å². The zero-order valence-electron chi connectivity index (χ0n) is 9.38. The van der Waals surface area contributed by atoms with Crippen LogP contribution in [-0.2, 0) is 4.79 Å². The Morgan fingerprint density at radius 1 is 1.43 bits per heavy atom. The van der Waals surface area contributed by atoms with Gasteiger partial charge in [0.2, 0.25) is 5.91 Å². The van der Waals surface area contributed by atoms with Gasteiger partial charge in [-0.05, 0) is 32.2 Å². The summed E-state index contributed by atoms with van der Waals surface area (Å²) in [5, 5.41) is 3.08. The van der Waals surface area contributed by atoms with Crippen LogP contribution in [0.5, 0.6) is 0 Å². The molecule has 1 rings (SSSR count). The minimum atomic E-state index is 0.251. The fourth-order valence-corrected chi connectivity index (χ4v) is 1.74. The van der Waals surface area contributed by atoms with E-state index in [1.54, 1.807) is 0 Å². The lowest BCUT2D eigenvalue weighted by atomic mass is 9.85. The average Bonchev–Trinajstić information content (AvgIpc) is 2.13. The SMILES string of the molecule is CCNCC(=O)N(CC)CC1CCC1. The minimum Gasteiger partial charge on any atom is -0.342 e. The molecule has 1 N–H and O–H groups in total. The van der Waals surface area contributed by atoms with Crippen molar-refractivity contribution in [2.75, 3.05) is 26.2 Å². The smallest absolute Gasteiger partial charge is 0.236 e. The van der Waals surface area contributed by atoms with E-state index >= 15 is 0 Å². The second-order valence-electron chi connectivity index (χ2n) is 4.01. The van der Waals surface area contributed by atoms with E-state index in [2.05, 4.69) is 12.2 Å². The van der Waals surface area contributed by atoms with Crippen molar-refractivity contribution in [1.29, 1.82) is 0 Å². The minimum absolute atomic E-state index is 0.251. The molecular formula is C11H22N2O. The van der Waals surface area contributed by atoms with Gasteiger partial charge in [-0.1, -0.05) is 13.3 Å². The van der Waals surface area contributed by atoms with Crippen molar-refractivity contribution in [3.05, 3.63) is 0 Å². The van der Waals surface area contributed by atoms with Crippen LogP contribution in [0.15, 0.2) is 0 Å². The van der Waals surface area contributed by atoms with Crippen LogP contribution in [0.2, 0.25) is 0 Å². The maximum Gasteiger partial charge on any atom is 0.236 e. The highest BCUT2D eigenvalue weighted by molar-refractivity contribution is 5.78. The molecule has 0 aromatic heterocycles. The third-order valence-corrected chi connectivity index (χ3v) is 2.96. The molecule has 0 saturated heterocycles. The van der Waals surface area contributed by atoms with Crippen LogP contribution in [0.1, 0.15) is 33.1 Å². The molecule has 82 valence electrons. The van der Waals surface area contributed by atoms with Crippen molar-refractivity contribution >= 4 is 5.91 Å². The van der Waals surface area contributed by atoms with Gasteiger partial charge < -0.3 is 10.2 Å². The number of carbonyl (C=O) groups is 1. The summed E-state index contributed by atoms with van der Waals surface area (Å²) < 4.78 is 0. The number of hydrogen-bond donors (Lipinski definition) is 1. The number of carbonyl (C=O) groups excluding carboxylic acids is 1. The fraction of sp³-hybridized carbons (Fsp3) is 0.909. The highest BCUT2D eigenvalue weighted by Gasteiger charge is 2.22. The van der Waals surface area contributed by atoms with Gasteiger partial charge in [0.1, 0.15) is 0 Å². The summed E-state index contributed by atoms with van der Waals surface area (Å²) in [6.45, 7) is 7.27. The predicted octanol–water partition coefficient (Wildman–Crippen LogP) is 1.24. The van der Waals surface area contributed by atoms with Gasteiger partial charge in [-0.3, -0.25) is 4.79 Å². The van der Waals surface area contributed by atoms with Gasteiger partial charge in [-0.25, -0.2) is 0 Å². The van der Waals surface area contributed by atoms with Crippen LogP contribution in [0.25, 0.3) is 0 Å². The monoisotopic (exact) mass is 198 g/mol. The van der Waals surface area contributed by atoms with Gasteiger partial charge in [0.25, 0.3) is 0 Å². The molecule has 1 aliphatic rings. The van der Waals surface area contributed by atoms with E-state index in [1.807, 2.05) is 11.8 Å². The first-order valence-corrected chi connectivity index (χ1v) is 5.76. The lowest BCUT2D eigenvalue weighted by Gasteiger charge is -2.31. The summed E-state index contributed by atoms with van der Waals surface area (Å²) >= 11 is 0. The van der Waals surface area contributed by atoms with Crippen molar-refractivity contribution in [1.82, 2.24) is 10.2 Å². The fourth-order valence-electron chi connectivity index (χ4n) is 1.74. The summed E-state index contributed by atoms with van der Waals surface area (Å²) in [5.41, 5.74) is 0. The summed E-state index contributed by atoms with van der Waals surface area (Å²) in [5.74, 6) is 1.03.